The van der Waals surface area contributed by atoms with Gasteiger partial charge in [-0.1, -0.05) is 15.9 Å². The van der Waals surface area contributed by atoms with Gasteiger partial charge in [-0.25, -0.2) is 0 Å². The normalized spacial score (nSPS) is 12.3. The van der Waals surface area contributed by atoms with Gasteiger partial charge in [0.2, 0.25) is 0 Å². The highest BCUT2D eigenvalue weighted by molar-refractivity contribution is 9.10. The lowest BCUT2D eigenvalue weighted by molar-refractivity contribution is -0.138. The summed E-state index contributed by atoms with van der Waals surface area (Å²) in [5.74, 6) is -0.713. The van der Waals surface area contributed by atoms with Crippen molar-refractivity contribution in [2.45, 2.75) is 19.8 Å². The van der Waals surface area contributed by atoms with Crippen molar-refractivity contribution in [2.24, 2.45) is 0 Å². The average molecular weight is 273 g/mol. The lowest BCUT2D eigenvalue weighted by Crippen LogP contribution is -2.08. The second-order valence-corrected chi connectivity index (χ2v) is 4.20. The molecule has 0 fully saturated rings. The van der Waals surface area contributed by atoms with Crippen molar-refractivity contribution >= 4 is 21.9 Å². The molecule has 1 N–H and O–H groups in total. The molecule has 82 valence electrons. The van der Waals surface area contributed by atoms with Gasteiger partial charge in [-0.2, -0.15) is 0 Å². The molecule has 15 heavy (non-hydrogen) atoms. The lowest BCUT2D eigenvalue weighted by Gasteiger charge is -2.13. The fraction of sp³-hybridized carbons (Fsp3) is 0.364. The molecule has 0 aromatic heterocycles. The monoisotopic (exact) mass is 272 g/mol. The van der Waals surface area contributed by atoms with Gasteiger partial charge in [0, 0.05) is 4.47 Å². The van der Waals surface area contributed by atoms with E-state index in [-0.39, 0.29) is 0 Å². The van der Waals surface area contributed by atoms with Gasteiger partial charge in [0.05, 0.1) is 13.0 Å². The highest BCUT2D eigenvalue weighted by atomic mass is 79.9. The van der Waals surface area contributed by atoms with Gasteiger partial charge in [-0.05, 0) is 37.1 Å². The molecule has 0 aliphatic carbocycles. The molecular weight excluding hydrogens is 260 g/mol. The van der Waals surface area contributed by atoms with Crippen molar-refractivity contribution in [3.05, 3.63) is 27.7 Å². The molecule has 1 atom stereocenters. The summed E-state index contributed by atoms with van der Waals surface area (Å²) in [5.41, 5.74) is 1.71. The number of methoxy groups -OCH3 is 1. The van der Waals surface area contributed by atoms with E-state index < -0.39 is 11.9 Å². The average Bonchev–Trinajstić information content (AvgIpc) is 2.20. The zero-order valence-corrected chi connectivity index (χ0v) is 10.5. The summed E-state index contributed by atoms with van der Waals surface area (Å²) in [7, 11) is 1.57. The van der Waals surface area contributed by atoms with Crippen LogP contribution in [0.3, 0.4) is 0 Å². The van der Waals surface area contributed by atoms with Crippen LogP contribution >= 0.6 is 15.9 Å². The second-order valence-electron chi connectivity index (χ2n) is 3.41. The minimum atomic E-state index is -0.844. The van der Waals surface area contributed by atoms with Crippen LogP contribution in [-0.4, -0.2) is 18.2 Å². The molecule has 0 aliphatic rings. The molecule has 0 amide bonds. The Morgan fingerprint density at radius 3 is 2.60 bits per heavy atom. The molecule has 0 bridgehead atoms. The first kappa shape index (κ1) is 12.0. The molecule has 0 radical (unpaired) electrons. The molecule has 0 spiro atoms. The molecule has 1 unspecified atom stereocenters. The Balaban J connectivity index is 3.27. The Labute approximate surface area is 97.2 Å². The predicted molar refractivity (Wildman–Crippen MR) is 61.5 cm³/mol. The third-order valence-corrected chi connectivity index (χ3v) is 3.41. The summed E-state index contributed by atoms with van der Waals surface area (Å²) in [6.07, 6.45) is 0. The Morgan fingerprint density at radius 1 is 1.53 bits per heavy atom. The minimum Gasteiger partial charge on any atom is -0.497 e. The first-order chi connectivity index (χ1) is 6.97. The molecular formula is C11H13BrO3. The van der Waals surface area contributed by atoms with Crippen LogP contribution in [0.1, 0.15) is 24.0 Å². The summed E-state index contributed by atoms with van der Waals surface area (Å²) in [6, 6.07) is 3.61. The number of ether oxygens (including phenoxy) is 1. The number of carboxylic acid groups (broad SMARTS) is 1. The molecule has 1 rings (SSSR count). The Bertz CT molecular complexity index is 388. The fourth-order valence-corrected chi connectivity index (χ4v) is 1.90. The van der Waals surface area contributed by atoms with Crippen LogP contribution in [-0.2, 0) is 4.79 Å². The largest absolute Gasteiger partial charge is 0.497 e. The van der Waals surface area contributed by atoms with Crippen LogP contribution in [0.25, 0.3) is 0 Å². The van der Waals surface area contributed by atoms with Crippen LogP contribution < -0.4 is 4.74 Å². The number of hydrogen-bond donors (Lipinski definition) is 1. The van der Waals surface area contributed by atoms with Crippen molar-refractivity contribution in [3.8, 4) is 5.75 Å². The molecule has 0 heterocycles. The summed E-state index contributed by atoms with van der Waals surface area (Å²) in [6.45, 7) is 3.56. The number of aryl methyl sites for hydroxylation is 1. The highest BCUT2D eigenvalue weighted by Gasteiger charge is 2.18. The van der Waals surface area contributed by atoms with Gasteiger partial charge in [-0.15, -0.1) is 0 Å². The maximum Gasteiger partial charge on any atom is 0.310 e. The van der Waals surface area contributed by atoms with Crippen LogP contribution in [0.5, 0.6) is 5.75 Å². The minimum absolute atomic E-state index is 0.548. The van der Waals surface area contributed by atoms with Crippen molar-refractivity contribution in [1.82, 2.24) is 0 Å². The van der Waals surface area contributed by atoms with Crippen LogP contribution in [0, 0.1) is 6.92 Å². The van der Waals surface area contributed by atoms with Crippen molar-refractivity contribution in [2.75, 3.05) is 7.11 Å². The maximum atomic E-state index is 10.9. The number of halogens is 1. The van der Waals surface area contributed by atoms with E-state index in [1.165, 1.54) is 0 Å². The van der Waals surface area contributed by atoms with Crippen LogP contribution in [0.15, 0.2) is 16.6 Å². The summed E-state index contributed by atoms with van der Waals surface area (Å²) in [5, 5.41) is 8.95. The second kappa shape index (κ2) is 4.66. The molecule has 0 saturated carbocycles. The number of carbonyl (C=O) groups is 1. The highest BCUT2D eigenvalue weighted by Crippen LogP contribution is 2.32. The Hall–Kier alpha value is -1.03. The SMILES string of the molecule is COc1cc(C)c(Br)c(C(C)C(=O)O)c1. The standard InChI is InChI=1S/C11H13BrO3/c1-6-4-8(15-3)5-9(10(6)12)7(2)11(13)14/h4-5,7H,1-3H3,(H,13,14). The Kier molecular flexibility index (Phi) is 3.74. The predicted octanol–water partition coefficient (Wildman–Crippen LogP) is 2.95. The topological polar surface area (TPSA) is 46.5 Å². The molecule has 4 heteroatoms. The number of rotatable bonds is 3. The van der Waals surface area contributed by atoms with E-state index in [9.17, 15) is 4.79 Å². The summed E-state index contributed by atoms with van der Waals surface area (Å²) >= 11 is 3.39. The van der Waals surface area contributed by atoms with E-state index in [1.54, 1.807) is 20.1 Å². The van der Waals surface area contributed by atoms with Gasteiger partial charge in [0.25, 0.3) is 0 Å². The maximum absolute atomic E-state index is 10.9. The third kappa shape index (κ3) is 2.50. The molecule has 3 nitrogen and oxygen atoms in total. The lowest BCUT2D eigenvalue weighted by atomic mass is 9.99. The van der Waals surface area contributed by atoms with Gasteiger partial charge in [-0.3, -0.25) is 4.79 Å². The third-order valence-electron chi connectivity index (χ3n) is 2.33. The molecule has 1 aromatic rings. The number of hydrogen-bond acceptors (Lipinski definition) is 2. The van der Waals surface area contributed by atoms with E-state index in [0.717, 1.165) is 15.6 Å². The van der Waals surface area contributed by atoms with E-state index in [2.05, 4.69) is 15.9 Å². The van der Waals surface area contributed by atoms with E-state index in [1.807, 2.05) is 13.0 Å². The van der Waals surface area contributed by atoms with Gasteiger partial charge in [0.15, 0.2) is 0 Å². The molecule has 0 saturated heterocycles. The van der Waals surface area contributed by atoms with Crippen molar-refractivity contribution in [3.63, 3.8) is 0 Å². The van der Waals surface area contributed by atoms with E-state index >= 15 is 0 Å². The van der Waals surface area contributed by atoms with Crippen LogP contribution in [0.2, 0.25) is 0 Å². The first-order valence-corrected chi connectivity index (χ1v) is 5.33. The molecule has 0 aliphatic heterocycles. The van der Waals surface area contributed by atoms with E-state index in [0.29, 0.717) is 5.75 Å². The van der Waals surface area contributed by atoms with Crippen LogP contribution in [0.4, 0.5) is 0 Å². The first-order valence-electron chi connectivity index (χ1n) is 4.54. The molecule has 1 aromatic carbocycles. The van der Waals surface area contributed by atoms with E-state index in [4.69, 9.17) is 9.84 Å². The number of benzene rings is 1. The Morgan fingerprint density at radius 2 is 2.13 bits per heavy atom. The van der Waals surface area contributed by atoms with Gasteiger partial charge in [0.1, 0.15) is 5.75 Å². The quantitative estimate of drug-likeness (QED) is 0.920. The fourth-order valence-electron chi connectivity index (χ4n) is 1.33. The smallest absolute Gasteiger partial charge is 0.310 e. The number of carboxylic acids is 1. The van der Waals surface area contributed by atoms with Crippen molar-refractivity contribution in [1.29, 1.82) is 0 Å². The summed E-state index contributed by atoms with van der Waals surface area (Å²) in [4.78, 5) is 10.9. The van der Waals surface area contributed by atoms with Gasteiger partial charge < -0.3 is 9.84 Å². The zero-order chi connectivity index (χ0) is 11.6. The zero-order valence-electron chi connectivity index (χ0n) is 8.87. The summed E-state index contributed by atoms with van der Waals surface area (Å²) < 4.78 is 5.94. The van der Waals surface area contributed by atoms with Crippen molar-refractivity contribution < 1.29 is 14.6 Å². The van der Waals surface area contributed by atoms with Gasteiger partial charge >= 0.3 is 5.97 Å². The number of aliphatic carboxylic acids is 1.